The standard InChI is InChI=1S/C23H27N3O3/c1-5-23(3,4)20-15(14-9-7-8-10-16(14)24-20)13-17-22(28)26-18(21(27)25-17)11-12-19(26)29-6-2/h5,7-10,13,18-19,24H,1,6,11-12H2,2-4H3,(H,25,27)/b17-13-/t18-,19+/m0/s1. The quantitative estimate of drug-likeness (QED) is 0.603. The molecule has 0 unspecified atom stereocenters. The smallest absolute Gasteiger partial charge is 0.273 e. The van der Waals surface area contributed by atoms with Crippen LogP contribution in [0.4, 0.5) is 0 Å². The second-order valence-electron chi connectivity index (χ2n) is 8.15. The van der Waals surface area contributed by atoms with E-state index in [0.29, 0.717) is 19.4 Å². The number of amides is 2. The van der Waals surface area contributed by atoms with E-state index in [2.05, 4.69) is 30.7 Å². The van der Waals surface area contributed by atoms with E-state index in [-0.39, 0.29) is 29.2 Å². The van der Waals surface area contributed by atoms with Crippen LogP contribution < -0.4 is 5.32 Å². The second kappa shape index (κ2) is 7.19. The number of nitrogens with zero attached hydrogens (tertiary/aromatic N) is 1. The highest BCUT2D eigenvalue weighted by molar-refractivity contribution is 6.09. The van der Waals surface area contributed by atoms with Crippen molar-refractivity contribution in [1.82, 2.24) is 15.2 Å². The third-order valence-electron chi connectivity index (χ3n) is 5.91. The molecule has 1 aromatic heterocycles. The Hall–Kier alpha value is -2.86. The normalized spacial score (nSPS) is 23.6. The highest BCUT2D eigenvalue weighted by Crippen LogP contribution is 2.35. The number of para-hydroxylation sites is 1. The maximum Gasteiger partial charge on any atom is 0.273 e. The molecule has 2 aromatic rings. The monoisotopic (exact) mass is 393 g/mol. The minimum Gasteiger partial charge on any atom is -0.359 e. The van der Waals surface area contributed by atoms with Crippen LogP contribution in [0, 0.1) is 0 Å². The molecule has 2 fully saturated rings. The zero-order chi connectivity index (χ0) is 20.8. The van der Waals surface area contributed by atoms with Crippen LogP contribution in [0.5, 0.6) is 0 Å². The van der Waals surface area contributed by atoms with Gasteiger partial charge in [-0.2, -0.15) is 0 Å². The molecule has 0 saturated carbocycles. The maximum atomic E-state index is 13.3. The summed E-state index contributed by atoms with van der Waals surface area (Å²) >= 11 is 0. The van der Waals surface area contributed by atoms with Gasteiger partial charge in [-0.05, 0) is 31.9 Å². The minimum atomic E-state index is -0.455. The Balaban J connectivity index is 1.83. The molecule has 2 amide bonds. The zero-order valence-electron chi connectivity index (χ0n) is 17.1. The Kier molecular flexibility index (Phi) is 4.82. The number of fused-ring (bicyclic) bond motifs is 2. The fourth-order valence-electron chi connectivity index (χ4n) is 4.24. The summed E-state index contributed by atoms with van der Waals surface area (Å²) in [5.41, 5.74) is 2.76. The van der Waals surface area contributed by atoms with Gasteiger partial charge < -0.3 is 15.0 Å². The predicted octanol–water partition coefficient (Wildman–Crippen LogP) is 3.46. The number of aromatic nitrogens is 1. The van der Waals surface area contributed by atoms with Gasteiger partial charge in [0.2, 0.25) is 5.91 Å². The molecule has 4 rings (SSSR count). The molecule has 29 heavy (non-hydrogen) atoms. The first-order valence-corrected chi connectivity index (χ1v) is 10.1. The van der Waals surface area contributed by atoms with Crippen molar-refractivity contribution in [3.63, 3.8) is 0 Å². The summed E-state index contributed by atoms with van der Waals surface area (Å²) in [6.07, 6.45) is 4.61. The summed E-state index contributed by atoms with van der Waals surface area (Å²) in [5.74, 6) is -0.347. The molecule has 2 N–H and O–H groups in total. The number of hydrogen-bond acceptors (Lipinski definition) is 3. The fraction of sp³-hybridized carbons (Fsp3) is 0.391. The lowest BCUT2D eigenvalue weighted by Crippen LogP contribution is -2.56. The lowest BCUT2D eigenvalue weighted by Gasteiger charge is -2.34. The number of piperazine rings is 1. The van der Waals surface area contributed by atoms with Crippen LogP contribution >= 0.6 is 0 Å². The van der Waals surface area contributed by atoms with Gasteiger partial charge in [0.15, 0.2) is 0 Å². The Morgan fingerprint density at radius 3 is 2.76 bits per heavy atom. The van der Waals surface area contributed by atoms with Gasteiger partial charge in [0, 0.05) is 34.2 Å². The first kappa shape index (κ1) is 19.5. The summed E-state index contributed by atoms with van der Waals surface area (Å²) < 4.78 is 5.72. The van der Waals surface area contributed by atoms with Crippen molar-refractivity contribution < 1.29 is 14.3 Å². The highest BCUT2D eigenvalue weighted by Gasteiger charge is 2.46. The molecular formula is C23H27N3O3. The Morgan fingerprint density at radius 1 is 1.28 bits per heavy atom. The van der Waals surface area contributed by atoms with Crippen LogP contribution in [0.15, 0.2) is 42.6 Å². The molecule has 2 saturated heterocycles. The number of H-pyrrole nitrogens is 1. The number of ether oxygens (including phenoxy) is 1. The van der Waals surface area contributed by atoms with E-state index in [1.54, 1.807) is 11.0 Å². The van der Waals surface area contributed by atoms with E-state index in [1.165, 1.54) is 0 Å². The SMILES string of the molecule is C=CC(C)(C)c1[nH]c2ccccc2c1/C=C1\NC(=O)[C@@H]2CC[C@@H](OCC)N2C1=O. The van der Waals surface area contributed by atoms with Gasteiger partial charge in [-0.3, -0.25) is 14.5 Å². The Bertz CT molecular complexity index is 1020. The summed E-state index contributed by atoms with van der Waals surface area (Å²) in [7, 11) is 0. The van der Waals surface area contributed by atoms with Crippen molar-refractivity contribution in [2.45, 2.75) is 51.3 Å². The van der Waals surface area contributed by atoms with E-state index >= 15 is 0 Å². The molecule has 2 aliphatic rings. The highest BCUT2D eigenvalue weighted by atomic mass is 16.5. The average molecular weight is 393 g/mol. The van der Waals surface area contributed by atoms with Gasteiger partial charge in [0.25, 0.3) is 5.91 Å². The van der Waals surface area contributed by atoms with E-state index < -0.39 is 6.04 Å². The van der Waals surface area contributed by atoms with Crippen LogP contribution in [0.25, 0.3) is 17.0 Å². The first-order chi connectivity index (χ1) is 13.9. The molecule has 6 heteroatoms. The number of allylic oxidation sites excluding steroid dienone is 1. The second-order valence-corrected chi connectivity index (χ2v) is 8.15. The molecule has 0 aliphatic carbocycles. The Labute approximate surface area is 170 Å². The van der Waals surface area contributed by atoms with Gasteiger partial charge in [-0.15, -0.1) is 6.58 Å². The number of rotatable bonds is 5. The number of benzene rings is 1. The summed E-state index contributed by atoms with van der Waals surface area (Å²) in [5, 5.41) is 3.83. The van der Waals surface area contributed by atoms with Crippen molar-refractivity contribution in [3.05, 3.63) is 53.9 Å². The van der Waals surface area contributed by atoms with E-state index in [0.717, 1.165) is 22.2 Å². The van der Waals surface area contributed by atoms with Crippen LogP contribution in [0.3, 0.4) is 0 Å². The minimum absolute atomic E-state index is 0.151. The molecule has 2 atom stereocenters. The molecule has 2 aliphatic heterocycles. The predicted molar refractivity (Wildman–Crippen MR) is 113 cm³/mol. The third kappa shape index (κ3) is 3.17. The lowest BCUT2D eigenvalue weighted by atomic mass is 9.86. The van der Waals surface area contributed by atoms with Crippen LogP contribution in [0.2, 0.25) is 0 Å². The number of carbonyl (C=O) groups is 2. The van der Waals surface area contributed by atoms with E-state index in [4.69, 9.17) is 4.74 Å². The van der Waals surface area contributed by atoms with Gasteiger partial charge in [-0.25, -0.2) is 0 Å². The van der Waals surface area contributed by atoms with Crippen molar-refractivity contribution in [2.75, 3.05) is 6.61 Å². The summed E-state index contributed by atoms with van der Waals surface area (Å²) in [6.45, 7) is 10.5. The summed E-state index contributed by atoms with van der Waals surface area (Å²) in [4.78, 5) is 31.0. The van der Waals surface area contributed by atoms with Crippen LogP contribution in [0.1, 0.15) is 44.9 Å². The van der Waals surface area contributed by atoms with Gasteiger partial charge >= 0.3 is 0 Å². The van der Waals surface area contributed by atoms with Gasteiger partial charge in [0.05, 0.1) is 0 Å². The molecule has 6 nitrogen and oxygen atoms in total. The Morgan fingerprint density at radius 2 is 2.03 bits per heavy atom. The molecule has 3 heterocycles. The van der Waals surface area contributed by atoms with E-state index in [9.17, 15) is 9.59 Å². The topological polar surface area (TPSA) is 74.4 Å². The molecule has 1 aromatic carbocycles. The molecule has 0 spiro atoms. The zero-order valence-corrected chi connectivity index (χ0v) is 17.1. The average Bonchev–Trinajstić information content (AvgIpc) is 3.29. The fourth-order valence-corrected chi connectivity index (χ4v) is 4.24. The largest absolute Gasteiger partial charge is 0.359 e. The van der Waals surface area contributed by atoms with E-state index in [1.807, 2.05) is 37.3 Å². The maximum absolute atomic E-state index is 13.3. The summed E-state index contributed by atoms with van der Waals surface area (Å²) in [6, 6.07) is 7.49. The van der Waals surface area contributed by atoms with Crippen molar-refractivity contribution >= 4 is 28.8 Å². The van der Waals surface area contributed by atoms with Crippen LogP contribution in [-0.2, 0) is 19.7 Å². The third-order valence-corrected chi connectivity index (χ3v) is 5.91. The van der Waals surface area contributed by atoms with Crippen LogP contribution in [-0.4, -0.2) is 40.6 Å². The number of carbonyl (C=O) groups excluding carboxylic acids is 2. The van der Waals surface area contributed by atoms with Crippen molar-refractivity contribution in [3.8, 4) is 0 Å². The molecule has 0 radical (unpaired) electrons. The number of aromatic amines is 1. The number of hydrogen-bond donors (Lipinski definition) is 2. The number of nitrogens with one attached hydrogen (secondary N) is 2. The molecular weight excluding hydrogens is 366 g/mol. The van der Waals surface area contributed by atoms with Gasteiger partial charge in [0.1, 0.15) is 18.0 Å². The molecule has 152 valence electrons. The lowest BCUT2D eigenvalue weighted by molar-refractivity contribution is -0.151. The van der Waals surface area contributed by atoms with Gasteiger partial charge in [-0.1, -0.05) is 38.1 Å². The van der Waals surface area contributed by atoms with Crippen molar-refractivity contribution in [2.24, 2.45) is 0 Å². The van der Waals surface area contributed by atoms with Crippen molar-refractivity contribution in [1.29, 1.82) is 0 Å². The molecule has 0 bridgehead atoms. The first-order valence-electron chi connectivity index (χ1n) is 10.1.